The minimum Gasteiger partial charge on any atom is -0.447 e. The molecule has 1 aromatic heterocycles. The lowest BCUT2D eigenvalue weighted by Crippen LogP contribution is -2.58. The third kappa shape index (κ3) is 6.23. The second-order valence-corrected chi connectivity index (χ2v) is 9.95. The van der Waals surface area contributed by atoms with Gasteiger partial charge in [0, 0.05) is 30.3 Å². The average Bonchev–Trinajstić information content (AvgIpc) is 2.69. The Morgan fingerprint density at radius 3 is 2.72 bits per heavy atom. The molecule has 32 heavy (non-hydrogen) atoms. The summed E-state index contributed by atoms with van der Waals surface area (Å²) in [6.45, 7) is 3.89. The van der Waals surface area contributed by atoms with Crippen LogP contribution in [0.3, 0.4) is 0 Å². The molecule has 3 rings (SSSR count). The van der Waals surface area contributed by atoms with Gasteiger partial charge < -0.3 is 9.64 Å². The Bertz CT molecular complexity index is 1080. The predicted octanol–water partition coefficient (Wildman–Crippen LogP) is 3.50. The average molecular weight is 468 g/mol. The van der Waals surface area contributed by atoms with Crippen molar-refractivity contribution in [2.75, 3.05) is 12.8 Å². The van der Waals surface area contributed by atoms with Crippen LogP contribution < -0.4 is 4.72 Å². The molecule has 0 aliphatic carbocycles. The maximum atomic E-state index is 14.2. The van der Waals surface area contributed by atoms with Crippen LogP contribution in [0.15, 0.2) is 36.4 Å². The molecule has 1 aliphatic rings. The van der Waals surface area contributed by atoms with E-state index in [9.17, 15) is 22.0 Å². The number of hydrogen-bond acceptors (Lipinski definition) is 5. The van der Waals surface area contributed by atoms with Crippen molar-refractivity contribution in [3.63, 3.8) is 0 Å². The Morgan fingerprint density at radius 2 is 2.03 bits per heavy atom. The first-order valence-electron chi connectivity index (χ1n) is 10.4. The number of aromatic nitrogens is 1. The minimum atomic E-state index is -3.52. The summed E-state index contributed by atoms with van der Waals surface area (Å²) in [6.07, 6.45) is 1.58. The Labute approximate surface area is 186 Å². The van der Waals surface area contributed by atoms with Gasteiger partial charge in [-0.1, -0.05) is 6.07 Å². The zero-order valence-electron chi connectivity index (χ0n) is 18.2. The van der Waals surface area contributed by atoms with Crippen LogP contribution in [-0.4, -0.2) is 55.4 Å². The third-order valence-electron chi connectivity index (χ3n) is 5.14. The van der Waals surface area contributed by atoms with E-state index in [0.29, 0.717) is 25.1 Å². The number of likely N-dealkylation sites (tertiary alicyclic amines) is 1. The first-order chi connectivity index (χ1) is 15.0. The van der Waals surface area contributed by atoms with E-state index in [0.717, 1.165) is 24.5 Å². The molecule has 174 valence electrons. The van der Waals surface area contributed by atoms with Gasteiger partial charge in [-0.2, -0.15) is 0 Å². The molecule has 0 bridgehead atoms. The molecule has 1 saturated heterocycles. The highest BCUT2D eigenvalue weighted by atomic mass is 32.2. The zero-order chi connectivity index (χ0) is 23.5. The molecule has 1 N–H and O–H groups in total. The standard InChI is InChI=1S/C22H27F2N3O4S/c1-14(2)31-22(28)27-11-5-8-20(26-32(3,29)30)21(27)13-16-6-4-7-19(25-16)17-12-15(23)9-10-18(17)24/h4,6-7,9-10,12,14,20-21,26H,5,8,11,13H2,1-3H3. The Morgan fingerprint density at radius 1 is 1.28 bits per heavy atom. The maximum Gasteiger partial charge on any atom is 0.410 e. The van der Waals surface area contributed by atoms with E-state index >= 15 is 0 Å². The number of hydrogen-bond donors (Lipinski definition) is 1. The van der Waals surface area contributed by atoms with Gasteiger partial charge >= 0.3 is 6.09 Å². The SMILES string of the molecule is CC(C)OC(=O)N1CCCC(NS(C)(=O)=O)C1Cc1cccc(-c2cc(F)ccc2F)n1. The molecule has 1 aliphatic heterocycles. The smallest absolute Gasteiger partial charge is 0.410 e. The highest BCUT2D eigenvalue weighted by molar-refractivity contribution is 7.88. The number of nitrogens with one attached hydrogen (secondary N) is 1. The molecule has 10 heteroatoms. The molecule has 2 aromatic rings. The largest absolute Gasteiger partial charge is 0.447 e. The van der Waals surface area contributed by atoms with Gasteiger partial charge in [-0.25, -0.2) is 26.7 Å². The molecule has 0 saturated carbocycles. The fourth-order valence-corrected chi connectivity index (χ4v) is 4.69. The lowest BCUT2D eigenvalue weighted by Gasteiger charge is -2.40. The summed E-state index contributed by atoms with van der Waals surface area (Å²) in [5.41, 5.74) is 0.789. The van der Waals surface area contributed by atoms with Crippen molar-refractivity contribution < 1.29 is 26.7 Å². The van der Waals surface area contributed by atoms with Crippen LogP contribution in [0.25, 0.3) is 11.3 Å². The van der Waals surface area contributed by atoms with E-state index in [1.54, 1.807) is 32.0 Å². The van der Waals surface area contributed by atoms with Crippen LogP contribution in [0.2, 0.25) is 0 Å². The zero-order valence-corrected chi connectivity index (χ0v) is 19.0. The van der Waals surface area contributed by atoms with Crippen molar-refractivity contribution in [3.8, 4) is 11.3 Å². The van der Waals surface area contributed by atoms with Crippen molar-refractivity contribution in [2.24, 2.45) is 0 Å². The predicted molar refractivity (Wildman–Crippen MR) is 116 cm³/mol. The Hall–Kier alpha value is -2.59. The molecular formula is C22H27F2N3O4S. The van der Waals surface area contributed by atoms with Gasteiger partial charge in [0.25, 0.3) is 0 Å². The van der Waals surface area contributed by atoms with E-state index in [1.165, 1.54) is 4.90 Å². The number of benzene rings is 1. The van der Waals surface area contributed by atoms with Crippen molar-refractivity contribution in [1.82, 2.24) is 14.6 Å². The summed E-state index contributed by atoms with van der Waals surface area (Å²) in [5, 5.41) is 0. The molecule has 2 atom stereocenters. The van der Waals surface area contributed by atoms with Crippen molar-refractivity contribution in [2.45, 2.75) is 51.3 Å². The number of pyridine rings is 1. The van der Waals surface area contributed by atoms with Gasteiger partial charge in [0.15, 0.2) is 0 Å². The molecule has 1 fully saturated rings. The summed E-state index contributed by atoms with van der Waals surface area (Å²) >= 11 is 0. The highest BCUT2D eigenvalue weighted by Gasteiger charge is 2.37. The quantitative estimate of drug-likeness (QED) is 0.703. The Balaban J connectivity index is 1.93. The molecule has 0 spiro atoms. The maximum absolute atomic E-state index is 14.2. The second kappa shape index (κ2) is 9.91. The molecular weight excluding hydrogens is 440 g/mol. The van der Waals surface area contributed by atoms with E-state index in [1.807, 2.05) is 0 Å². The van der Waals surface area contributed by atoms with Crippen LogP contribution >= 0.6 is 0 Å². The molecule has 1 aromatic carbocycles. The normalized spacial score (nSPS) is 19.2. The van der Waals surface area contributed by atoms with Crippen LogP contribution in [0.1, 0.15) is 32.4 Å². The van der Waals surface area contributed by atoms with Crippen molar-refractivity contribution >= 4 is 16.1 Å². The van der Waals surface area contributed by atoms with Crippen molar-refractivity contribution in [3.05, 3.63) is 53.7 Å². The van der Waals surface area contributed by atoms with Crippen LogP contribution in [-0.2, 0) is 21.2 Å². The monoisotopic (exact) mass is 467 g/mol. The number of carbonyl (C=O) groups excluding carboxylic acids is 1. The number of piperidine rings is 1. The van der Waals surface area contributed by atoms with E-state index in [4.69, 9.17) is 4.74 Å². The molecule has 2 heterocycles. The third-order valence-corrected chi connectivity index (χ3v) is 5.88. The summed E-state index contributed by atoms with van der Waals surface area (Å²) in [5.74, 6) is -1.19. The fraction of sp³-hybridized carbons (Fsp3) is 0.455. The number of nitrogens with zero attached hydrogens (tertiary/aromatic N) is 2. The van der Waals surface area contributed by atoms with Gasteiger partial charge in [0.2, 0.25) is 10.0 Å². The first kappa shape index (κ1) is 24.1. The number of rotatable bonds is 6. The van der Waals surface area contributed by atoms with E-state index in [-0.39, 0.29) is 23.8 Å². The lowest BCUT2D eigenvalue weighted by molar-refractivity contribution is 0.0459. The fourth-order valence-electron chi connectivity index (χ4n) is 3.87. The van der Waals surface area contributed by atoms with E-state index < -0.39 is 39.8 Å². The summed E-state index contributed by atoms with van der Waals surface area (Å²) in [7, 11) is -3.52. The lowest BCUT2D eigenvalue weighted by atomic mass is 9.93. The molecule has 1 amide bonds. The van der Waals surface area contributed by atoms with Gasteiger partial charge in [-0.05, 0) is 57.0 Å². The summed E-state index contributed by atoms with van der Waals surface area (Å²) in [4.78, 5) is 18.7. The summed E-state index contributed by atoms with van der Waals surface area (Å²) in [6, 6.07) is 7.00. The highest BCUT2D eigenvalue weighted by Crippen LogP contribution is 2.26. The number of carbonyl (C=O) groups is 1. The van der Waals surface area contributed by atoms with Gasteiger partial charge in [-0.3, -0.25) is 4.98 Å². The Kier molecular flexibility index (Phi) is 7.45. The van der Waals surface area contributed by atoms with E-state index in [2.05, 4.69) is 9.71 Å². The summed E-state index contributed by atoms with van der Waals surface area (Å²) < 4.78 is 59.7. The number of sulfonamides is 1. The molecule has 0 radical (unpaired) electrons. The van der Waals surface area contributed by atoms with Gasteiger partial charge in [0.05, 0.1) is 24.1 Å². The van der Waals surface area contributed by atoms with Crippen LogP contribution in [0, 0.1) is 11.6 Å². The number of amides is 1. The molecule has 2 unspecified atom stereocenters. The minimum absolute atomic E-state index is 0.0254. The molecule has 7 nitrogen and oxygen atoms in total. The van der Waals surface area contributed by atoms with Crippen LogP contribution in [0.4, 0.5) is 13.6 Å². The first-order valence-corrected chi connectivity index (χ1v) is 12.3. The van der Waals surface area contributed by atoms with Gasteiger partial charge in [0.1, 0.15) is 11.6 Å². The van der Waals surface area contributed by atoms with Crippen LogP contribution in [0.5, 0.6) is 0 Å². The topological polar surface area (TPSA) is 88.6 Å². The van der Waals surface area contributed by atoms with Crippen molar-refractivity contribution in [1.29, 1.82) is 0 Å². The number of ether oxygens (including phenoxy) is 1. The second-order valence-electron chi connectivity index (χ2n) is 8.17. The number of halogens is 2. The van der Waals surface area contributed by atoms with Gasteiger partial charge in [-0.15, -0.1) is 0 Å².